The minimum atomic E-state index is -1.89. The molecule has 22 nitrogen and oxygen atoms in total. The van der Waals surface area contributed by atoms with Crippen molar-refractivity contribution in [1.82, 2.24) is 25.4 Å². The third-order valence-electron chi connectivity index (χ3n) is 9.05. The molecule has 22 heteroatoms. The Hall–Kier alpha value is -3.49. The Morgan fingerprint density at radius 3 is 1.35 bits per heavy atom. The van der Waals surface area contributed by atoms with Gasteiger partial charge in [0.05, 0.1) is 50.0 Å². The zero-order valence-electron chi connectivity index (χ0n) is 30.2. The number of carbonyl (C=O) groups is 4. The monoisotopic (exact) mass is 793 g/mol. The summed E-state index contributed by atoms with van der Waals surface area (Å²) in [4.78, 5) is 57.5. The predicted molar refractivity (Wildman–Crippen MR) is 185 cm³/mol. The summed E-state index contributed by atoms with van der Waals surface area (Å²) in [6.45, 7) is -2.65. The first-order valence-corrected chi connectivity index (χ1v) is 17.7. The molecular weight excluding hydrogens is 738 g/mol. The molecule has 55 heavy (non-hydrogen) atoms. The molecule has 0 radical (unpaired) electrons. The van der Waals surface area contributed by atoms with Crippen LogP contribution in [0.1, 0.15) is 37.1 Å². The molecule has 0 aromatic carbocycles. The van der Waals surface area contributed by atoms with Crippen LogP contribution in [0.2, 0.25) is 0 Å². The van der Waals surface area contributed by atoms with Crippen LogP contribution in [0.15, 0.2) is 18.2 Å². The molecular formula is C33H55N5O17. The Bertz CT molecular complexity index is 1250. The van der Waals surface area contributed by atoms with Gasteiger partial charge in [0.2, 0.25) is 11.8 Å². The van der Waals surface area contributed by atoms with Crippen molar-refractivity contribution < 1.29 is 85.2 Å². The Balaban J connectivity index is 2.06. The summed E-state index contributed by atoms with van der Waals surface area (Å²) in [5.41, 5.74) is 0.858. The van der Waals surface area contributed by atoms with E-state index in [4.69, 9.17) is 14.9 Å². The van der Waals surface area contributed by atoms with Crippen molar-refractivity contribution in [3.63, 3.8) is 0 Å². The summed E-state index contributed by atoms with van der Waals surface area (Å²) in [7, 11) is 0. The van der Waals surface area contributed by atoms with Crippen LogP contribution in [-0.2, 0) is 37.0 Å². The molecule has 0 saturated heterocycles. The molecule has 2 amide bonds. The second-order valence-electron chi connectivity index (χ2n) is 13.2. The summed E-state index contributed by atoms with van der Waals surface area (Å²) < 4.78 is 5.75. The fraction of sp³-hybridized carbons (Fsp3) is 0.727. The standard InChI is InChI=1S/C33H55N5O17/c39-16-24(43)30(49)28(47)22(41)12-34-26(45)6-4-20(32(51)52)37-8-10-55-11-9-38(15-19-3-1-2-18(14-37)36-19)21(33(53)54)5-7-27(46)35-13-23(42)29(48)31(50)25(44)17-40/h1-3,20-25,28-31,39-44,47-50H,4-17H2,(H,34,45)(H,35,46)(H,51,52)(H,53,54)/t20-,21-,22-,23-,24+,25+,28+,29+,30+,31+/m0/s1. The Morgan fingerprint density at radius 2 is 1.00 bits per heavy atom. The van der Waals surface area contributed by atoms with Crippen LogP contribution in [0, 0.1) is 0 Å². The number of carboxylic acid groups (broad SMARTS) is 2. The second kappa shape index (κ2) is 24.2. The van der Waals surface area contributed by atoms with Crippen LogP contribution in [-0.4, -0.2) is 213 Å². The highest BCUT2D eigenvalue weighted by Crippen LogP contribution is 2.17. The lowest BCUT2D eigenvalue weighted by molar-refractivity contribution is -0.145. The molecule has 1 aliphatic heterocycles. The summed E-state index contributed by atoms with van der Waals surface area (Å²) >= 11 is 0. The van der Waals surface area contributed by atoms with Gasteiger partial charge in [0.25, 0.3) is 0 Å². The number of aliphatic hydroxyl groups is 10. The molecule has 1 aromatic rings. The Kier molecular flexibility index (Phi) is 21.0. The van der Waals surface area contributed by atoms with E-state index in [2.05, 4.69) is 15.6 Å². The number of pyridine rings is 1. The van der Waals surface area contributed by atoms with Gasteiger partial charge in [-0.05, 0) is 25.0 Å². The zero-order chi connectivity index (χ0) is 41.2. The first-order valence-electron chi connectivity index (χ1n) is 17.7. The van der Waals surface area contributed by atoms with E-state index in [1.165, 1.54) is 0 Å². The maximum absolute atomic E-state index is 12.5. The third-order valence-corrected chi connectivity index (χ3v) is 9.05. The van der Waals surface area contributed by atoms with Crippen molar-refractivity contribution in [2.24, 2.45) is 0 Å². The number of carbonyl (C=O) groups excluding carboxylic acids is 2. The van der Waals surface area contributed by atoms with E-state index in [1.54, 1.807) is 28.0 Å². The van der Waals surface area contributed by atoms with Gasteiger partial charge < -0.3 is 76.6 Å². The minimum Gasteiger partial charge on any atom is -0.480 e. The van der Waals surface area contributed by atoms with Crippen molar-refractivity contribution in [1.29, 1.82) is 0 Å². The maximum Gasteiger partial charge on any atom is 0.320 e. The van der Waals surface area contributed by atoms with Crippen LogP contribution in [0.3, 0.4) is 0 Å². The SMILES string of the molecule is O=C(CC[C@@H](C(=O)O)N1CCOCCN([C@@H](CCC(=O)NC[C@H](O)[C@@H](O)[C@H](O)[C@H](O)CO)C(=O)O)Cc2cccc(n2)C1)NC[C@H](O)[C@@H](O)[C@H](O)[C@H](O)CO. The van der Waals surface area contributed by atoms with Crippen LogP contribution in [0.25, 0.3) is 0 Å². The lowest BCUT2D eigenvalue weighted by Gasteiger charge is -2.31. The number of fused-ring (bicyclic) bond motifs is 2. The lowest BCUT2D eigenvalue weighted by Crippen LogP contribution is -2.50. The fourth-order valence-corrected chi connectivity index (χ4v) is 5.72. The van der Waals surface area contributed by atoms with Crippen molar-refractivity contribution >= 4 is 23.8 Å². The quantitative estimate of drug-likeness (QED) is 0.0519. The molecule has 2 rings (SSSR count). The van der Waals surface area contributed by atoms with E-state index in [0.717, 1.165) is 0 Å². The molecule has 1 aromatic heterocycles. The molecule has 1 aliphatic rings. The summed E-state index contributed by atoms with van der Waals surface area (Å²) in [5, 5.41) is 121. The average molecular weight is 794 g/mol. The number of hydrogen-bond donors (Lipinski definition) is 14. The molecule has 0 aliphatic carbocycles. The maximum atomic E-state index is 12.5. The highest BCUT2D eigenvalue weighted by molar-refractivity contribution is 5.79. The van der Waals surface area contributed by atoms with Crippen LogP contribution in [0.5, 0.6) is 0 Å². The molecule has 14 N–H and O–H groups in total. The predicted octanol–water partition coefficient (Wildman–Crippen LogP) is -6.71. The largest absolute Gasteiger partial charge is 0.480 e. The molecule has 2 heterocycles. The number of carboxylic acids is 2. The van der Waals surface area contributed by atoms with Gasteiger partial charge in [-0.3, -0.25) is 34.0 Å². The summed E-state index contributed by atoms with van der Waals surface area (Å²) in [6, 6.07) is 2.56. The number of aliphatic carboxylic acids is 2. The lowest BCUT2D eigenvalue weighted by atomic mass is 10.0. The van der Waals surface area contributed by atoms with Crippen molar-refractivity contribution in [2.45, 2.75) is 99.7 Å². The molecule has 314 valence electrons. The zero-order valence-corrected chi connectivity index (χ0v) is 30.2. The smallest absolute Gasteiger partial charge is 0.320 e. The van der Waals surface area contributed by atoms with Gasteiger partial charge in [0, 0.05) is 52.1 Å². The molecule has 2 bridgehead atoms. The van der Waals surface area contributed by atoms with E-state index >= 15 is 0 Å². The number of nitrogens with zero attached hydrogens (tertiary/aromatic N) is 3. The molecule has 0 fully saturated rings. The summed E-state index contributed by atoms with van der Waals surface area (Å²) in [5.74, 6) is -3.82. The van der Waals surface area contributed by atoms with Gasteiger partial charge in [-0.2, -0.15) is 0 Å². The number of hydrogen-bond acceptors (Lipinski definition) is 18. The van der Waals surface area contributed by atoms with Crippen molar-refractivity contribution in [2.75, 3.05) is 52.6 Å². The number of amides is 2. The van der Waals surface area contributed by atoms with Crippen molar-refractivity contribution in [3.05, 3.63) is 29.6 Å². The van der Waals surface area contributed by atoms with Gasteiger partial charge in [-0.15, -0.1) is 0 Å². The third kappa shape index (κ3) is 15.9. The van der Waals surface area contributed by atoms with Gasteiger partial charge in [0.15, 0.2) is 0 Å². The number of aromatic nitrogens is 1. The molecule has 0 spiro atoms. The molecule has 0 saturated carbocycles. The van der Waals surface area contributed by atoms with Crippen LogP contribution >= 0.6 is 0 Å². The van der Waals surface area contributed by atoms with Gasteiger partial charge >= 0.3 is 11.9 Å². The Labute approximate surface area is 316 Å². The highest BCUT2D eigenvalue weighted by Gasteiger charge is 2.33. The van der Waals surface area contributed by atoms with E-state index in [-0.39, 0.29) is 65.1 Å². The Morgan fingerprint density at radius 1 is 0.636 bits per heavy atom. The topological polar surface area (TPSA) is 364 Å². The second-order valence-corrected chi connectivity index (χ2v) is 13.2. The van der Waals surface area contributed by atoms with E-state index in [1.807, 2.05) is 0 Å². The van der Waals surface area contributed by atoms with Gasteiger partial charge in [0.1, 0.15) is 48.7 Å². The normalized spacial score (nSPS) is 20.2. The van der Waals surface area contributed by atoms with Gasteiger partial charge in [-0.1, -0.05) is 6.07 Å². The average Bonchev–Trinajstić information content (AvgIpc) is 3.16. The van der Waals surface area contributed by atoms with Crippen LogP contribution in [0.4, 0.5) is 0 Å². The van der Waals surface area contributed by atoms with Gasteiger partial charge in [-0.25, -0.2) is 0 Å². The summed E-state index contributed by atoms with van der Waals surface area (Å²) in [6.07, 6.45) is -15.4. The molecule has 10 atom stereocenters. The van der Waals surface area contributed by atoms with E-state index < -0.39 is 111 Å². The van der Waals surface area contributed by atoms with E-state index in [9.17, 15) is 70.2 Å². The number of nitrogens with one attached hydrogen (secondary N) is 2. The number of rotatable bonds is 22. The first-order chi connectivity index (χ1) is 26.0. The number of ether oxygens (including phenoxy) is 1. The van der Waals surface area contributed by atoms with Crippen molar-refractivity contribution in [3.8, 4) is 0 Å². The van der Waals surface area contributed by atoms with E-state index in [0.29, 0.717) is 11.4 Å². The fourth-order valence-electron chi connectivity index (χ4n) is 5.72. The highest BCUT2D eigenvalue weighted by atomic mass is 16.5. The minimum absolute atomic E-state index is 0.00479. The van der Waals surface area contributed by atoms with Crippen LogP contribution < -0.4 is 10.6 Å². The molecule has 0 unspecified atom stereocenters. The number of aliphatic hydroxyl groups excluding tert-OH is 10. The first kappa shape index (κ1) is 47.7.